The number of nitrogens with one attached hydrogen (secondary N) is 1. The van der Waals surface area contributed by atoms with E-state index in [1.807, 2.05) is 37.3 Å². The maximum Gasteiger partial charge on any atom is 0.265 e. The number of nitrogens with zero attached hydrogens (tertiary/aromatic N) is 1. The zero-order valence-electron chi connectivity index (χ0n) is 15.3. The first-order chi connectivity index (χ1) is 13.2. The zero-order valence-corrected chi connectivity index (χ0v) is 15.3. The molecule has 1 amide bonds. The van der Waals surface area contributed by atoms with Gasteiger partial charge in [-0.15, -0.1) is 0 Å². The summed E-state index contributed by atoms with van der Waals surface area (Å²) in [4.78, 5) is 17.3. The third-order valence-corrected chi connectivity index (χ3v) is 4.74. The average molecular weight is 366 g/mol. The van der Waals surface area contributed by atoms with Crippen LogP contribution in [0.4, 0.5) is 5.69 Å². The van der Waals surface area contributed by atoms with Crippen molar-refractivity contribution in [3.8, 4) is 11.5 Å². The van der Waals surface area contributed by atoms with Gasteiger partial charge in [0.2, 0.25) is 0 Å². The average Bonchev–Trinajstić information content (AvgIpc) is 3.15. The first-order valence-electron chi connectivity index (χ1n) is 9.17. The van der Waals surface area contributed by atoms with Crippen molar-refractivity contribution in [3.05, 3.63) is 53.1 Å². The van der Waals surface area contributed by atoms with Gasteiger partial charge in [0, 0.05) is 11.3 Å². The molecule has 0 saturated heterocycles. The molecule has 1 heterocycles. The van der Waals surface area contributed by atoms with Crippen LogP contribution in [0.1, 0.15) is 30.0 Å². The fourth-order valence-corrected chi connectivity index (χ4v) is 3.36. The van der Waals surface area contributed by atoms with Crippen LogP contribution in [0.5, 0.6) is 11.5 Å². The van der Waals surface area contributed by atoms with E-state index in [4.69, 9.17) is 14.3 Å². The number of hydrogen-bond acceptors (Lipinski definition) is 5. The molecule has 1 aliphatic carbocycles. The second-order valence-electron chi connectivity index (χ2n) is 6.69. The molecule has 27 heavy (non-hydrogen) atoms. The molecule has 0 aromatic heterocycles. The Morgan fingerprint density at radius 2 is 1.89 bits per heavy atom. The summed E-state index contributed by atoms with van der Waals surface area (Å²) in [6, 6.07) is 11.7. The lowest BCUT2D eigenvalue weighted by Gasteiger charge is -2.18. The van der Waals surface area contributed by atoms with E-state index < -0.39 is 0 Å². The number of oxime groups is 1. The highest BCUT2D eigenvalue weighted by atomic mass is 16.6. The molecule has 1 aliphatic heterocycles. The van der Waals surface area contributed by atoms with E-state index in [1.165, 1.54) is 17.5 Å². The van der Waals surface area contributed by atoms with Gasteiger partial charge in [0.15, 0.2) is 18.1 Å². The standard InChI is InChI=1S/C21H22N2O4/c1-14(16-6-8-19-20(12-16)26-10-9-25-19)23-27-13-21(24)22-18-7-5-15-3-2-4-17(15)11-18/h5-8,11-12H,2-4,9-10,13H2,1H3,(H,22,24). The largest absolute Gasteiger partial charge is 0.486 e. The number of fused-ring (bicyclic) bond motifs is 2. The van der Waals surface area contributed by atoms with Gasteiger partial charge in [-0.25, -0.2) is 0 Å². The fourth-order valence-electron chi connectivity index (χ4n) is 3.36. The van der Waals surface area contributed by atoms with Gasteiger partial charge in [-0.3, -0.25) is 4.79 Å². The van der Waals surface area contributed by atoms with E-state index in [-0.39, 0.29) is 12.5 Å². The summed E-state index contributed by atoms with van der Waals surface area (Å²) in [7, 11) is 0. The second kappa shape index (κ2) is 7.70. The van der Waals surface area contributed by atoms with Crippen molar-refractivity contribution in [2.24, 2.45) is 5.16 Å². The van der Waals surface area contributed by atoms with Crippen LogP contribution in [0.3, 0.4) is 0 Å². The molecule has 0 unspecified atom stereocenters. The second-order valence-corrected chi connectivity index (χ2v) is 6.69. The van der Waals surface area contributed by atoms with Gasteiger partial charge < -0.3 is 19.6 Å². The van der Waals surface area contributed by atoms with Crippen molar-refractivity contribution in [2.75, 3.05) is 25.1 Å². The molecule has 6 nitrogen and oxygen atoms in total. The molecule has 6 heteroatoms. The Balaban J connectivity index is 1.32. The zero-order chi connectivity index (χ0) is 18.6. The van der Waals surface area contributed by atoms with E-state index in [0.717, 1.165) is 29.8 Å². The summed E-state index contributed by atoms with van der Waals surface area (Å²) >= 11 is 0. The molecule has 0 bridgehead atoms. The van der Waals surface area contributed by atoms with Crippen LogP contribution in [0.25, 0.3) is 0 Å². The van der Waals surface area contributed by atoms with Gasteiger partial charge in [-0.1, -0.05) is 11.2 Å². The molecule has 0 radical (unpaired) electrons. The molecule has 2 aromatic rings. The van der Waals surface area contributed by atoms with Gasteiger partial charge >= 0.3 is 0 Å². The summed E-state index contributed by atoms with van der Waals surface area (Å²) in [6.07, 6.45) is 3.39. The van der Waals surface area contributed by atoms with Crippen molar-refractivity contribution in [3.63, 3.8) is 0 Å². The van der Waals surface area contributed by atoms with Crippen LogP contribution in [-0.2, 0) is 22.5 Å². The summed E-state index contributed by atoms with van der Waals surface area (Å²) in [5.41, 5.74) is 5.03. The Morgan fingerprint density at radius 3 is 2.78 bits per heavy atom. The molecule has 1 N–H and O–H groups in total. The lowest BCUT2D eigenvalue weighted by atomic mass is 10.1. The van der Waals surface area contributed by atoms with Crippen LogP contribution in [0, 0.1) is 0 Å². The number of benzene rings is 2. The number of amides is 1. The lowest BCUT2D eigenvalue weighted by Crippen LogP contribution is -2.17. The smallest absolute Gasteiger partial charge is 0.265 e. The molecular weight excluding hydrogens is 344 g/mol. The number of rotatable bonds is 5. The number of aryl methyl sites for hydroxylation is 2. The Hall–Kier alpha value is -3.02. The Bertz CT molecular complexity index is 892. The minimum absolute atomic E-state index is 0.140. The molecular formula is C21H22N2O4. The van der Waals surface area contributed by atoms with Crippen LogP contribution in [-0.4, -0.2) is 31.4 Å². The monoisotopic (exact) mass is 366 g/mol. The first kappa shape index (κ1) is 17.4. The summed E-state index contributed by atoms with van der Waals surface area (Å²) in [5, 5.41) is 6.90. The van der Waals surface area contributed by atoms with E-state index >= 15 is 0 Å². The predicted molar refractivity (Wildman–Crippen MR) is 103 cm³/mol. The maximum absolute atomic E-state index is 12.1. The van der Waals surface area contributed by atoms with Gasteiger partial charge in [0.25, 0.3) is 5.91 Å². The fraction of sp³-hybridized carbons (Fsp3) is 0.333. The Morgan fingerprint density at radius 1 is 1.07 bits per heavy atom. The number of carbonyl (C=O) groups is 1. The van der Waals surface area contributed by atoms with Gasteiger partial charge in [-0.2, -0.15) is 0 Å². The third kappa shape index (κ3) is 4.05. The summed E-state index contributed by atoms with van der Waals surface area (Å²) in [5.74, 6) is 1.20. The molecule has 0 saturated carbocycles. The molecule has 2 aliphatic rings. The number of ether oxygens (including phenoxy) is 2. The predicted octanol–water partition coefficient (Wildman–Crippen LogP) is 3.33. The van der Waals surface area contributed by atoms with Crippen LogP contribution in [0.2, 0.25) is 0 Å². The summed E-state index contributed by atoms with van der Waals surface area (Å²) in [6.45, 7) is 2.77. The third-order valence-electron chi connectivity index (χ3n) is 4.74. The minimum atomic E-state index is -0.230. The lowest BCUT2D eigenvalue weighted by molar-refractivity contribution is -0.120. The van der Waals surface area contributed by atoms with Gasteiger partial charge in [0.1, 0.15) is 13.2 Å². The van der Waals surface area contributed by atoms with Crippen molar-refractivity contribution in [1.82, 2.24) is 0 Å². The maximum atomic E-state index is 12.1. The number of anilines is 1. The van der Waals surface area contributed by atoms with E-state index in [0.29, 0.717) is 24.7 Å². The molecule has 4 rings (SSSR count). The van der Waals surface area contributed by atoms with Crippen LogP contribution >= 0.6 is 0 Å². The molecule has 140 valence electrons. The molecule has 0 fully saturated rings. The number of hydrogen-bond donors (Lipinski definition) is 1. The Labute approximate surface area is 158 Å². The minimum Gasteiger partial charge on any atom is -0.486 e. The first-order valence-corrected chi connectivity index (χ1v) is 9.17. The van der Waals surface area contributed by atoms with Crippen molar-refractivity contribution >= 4 is 17.3 Å². The normalized spacial score (nSPS) is 15.2. The highest BCUT2D eigenvalue weighted by Gasteiger charge is 2.14. The molecule has 0 atom stereocenters. The van der Waals surface area contributed by atoms with E-state index in [2.05, 4.69) is 16.5 Å². The Kier molecular flexibility index (Phi) is 4.96. The highest BCUT2D eigenvalue weighted by Crippen LogP contribution is 2.31. The van der Waals surface area contributed by atoms with Gasteiger partial charge in [-0.05, 0) is 67.6 Å². The highest BCUT2D eigenvalue weighted by molar-refractivity contribution is 5.99. The topological polar surface area (TPSA) is 69.2 Å². The van der Waals surface area contributed by atoms with E-state index in [1.54, 1.807) is 0 Å². The van der Waals surface area contributed by atoms with Crippen molar-refractivity contribution in [1.29, 1.82) is 0 Å². The van der Waals surface area contributed by atoms with E-state index in [9.17, 15) is 4.79 Å². The van der Waals surface area contributed by atoms with Crippen molar-refractivity contribution in [2.45, 2.75) is 26.2 Å². The number of carbonyl (C=O) groups excluding carboxylic acids is 1. The van der Waals surface area contributed by atoms with Crippen LogP contribution < -0.4 is 14.8 Å². The summed E-state index contributed by atoms with van der Waals surface area (Å²) < 4.78 is 11.1. The molecule has 2 aromatic carbocycles. The van der Waals surface area contributed by atoms with Crippen molar-refractivity contribution < 1.29 is 19.1 Å². The molecule has 0 spiro atoms. The van der Waals surface area contributed by atoms with Crippen LogP contribution in [0.15, 0.2) is 41.6 Å². The quantitative estimate of drug-likeness (QED) is 0.651. The van der Waals surface area contributed by atoms with Gasteiger partial charge in [0.05, 0.1) is 5.71 Å². The SMILES string of the molecule is CC(=NOCC(=O)Nc1ccc2c(c1)CCC2)c1ccc2c(c1)OCCO2.